The smallest absolute Gasteiger partial charge is 0.416 e. The Labute approximate surface area is 188 Å². The number of carboxylic acid groups (broad SMARTS) is 1. The van der Waals surface area contributed by atoms with Crippen molar-refractivity contribution in [2.45, 2.75) is 24.6 Å². The molecule has 0 aliphatic carbocycles. The maximum Gasteiger partial charge on any atom is 0.416 e. The molecule has 0 unspecified atom stereocenters. The van der Waals surface area contributed by atoms with Crippen molar-refractivity contribution >= 4 is 21.7 Å². The topological polar surface area (TPSA) is 83.9 Å². The number of hydrogen-bond donors (Lipinski definition) is 1. The van der Waals surface area contributed by atoms with Gasteiger partial charge in [0.2, 0.25) is 0 Å². The standard InChI is InChI=1S/C23H20F3NO5S/c1-15-3-12-20(13-21(15)22(28)29)33(30,31)27(2)18-8-10-19(11-9-18)32-14-16-4-6-17(7-5-16)23(24,25)26/h3-13H,14H2,1-2H3,(H,28,29). The molecule has 10 heteroatoms. The molecule has 6 nitrogen and oxygen atoms in total. The van der Waals surface area contributed by atoms with E-state index in [1.54, 1.807) is 6.92 Å². The van der Waals surface area contributed by atoms with Crippen LogP contribution in [-0.2, 0) is 22.8 Å². The summed E-state index contributed by atoms with van der Waals surface area (Å²) in [6.07, 6.45) is -4.41. The second kappa shape index (κ2) is 9.14. The van der Waals surface area contributed by atoms with Gasteiger partial charge in [0.05, 0.1) is 21.7 Å². The molecule has 3 aromatic carbocycles. The summed E-state index contributed by atoms with van der Waals surface area (Å²) in [4.78, 5) is 11.2. The van der Waals surface area contributed by atoms with Gasteiger partial charge in [-0.25, -0.2) is 13.2 Å². The second-order valence-corrected chi connectivity index (χ2v) is 9.20. The van der Waals surface area contributed by atoms with Gasteiger partial charge in [-0.1, -0.05) is 18.2 Å². The van der Waals surface area contributed by atoms with Crippen molar-refractivity contribution in [1.82, 2.24) is 0 Å². The van der Waals surface area contributed by atoms with Gasteiger partial charge >= 0.3 is 12.1 Å². The van der Waals surface area contributed by atoms with Crippen LogP contribution >= 0.6 is 0 Å². The molecule has 0 spiro atoms. The number of hydrogen-bond acceptors (Lipinski definition) is 4. The minimum absolute atomic E-state index is 0.0347. The normalized spacial score (nSPS) is 11.8. The van der Waals surface area contributed by atoms with Gasteiger partial charge in [-0.3, -0.25) is 4.31 Å². The number of alkyl halides is 3. The number of aromatic carboxylic acids is 1. The van der Waals surface area contributed by atoms with E-state index in [0.29, 0.717) is 22.6 Å². The average molecular weight is 479 g/mol. The van der Waals surface area contributed by atoms with E-state index >= 15 is 0 Å². The van der Waals surface area contributed by atoms with E-state index in [0.717, 1.165) is 22.5 Å². The fourth-order valence-corrected chi connectivity index (χ4v) is 4.22. The molecule has 3 rings (SSSR count). The van der Waals surface area contributed by atoms with Crippen LogP contribution in [0.15, 0.2) is 71.6 Å². The minimum atomic E-state index is -4.41. The van der Waals surface area contributed by atoms with E-state index in [9.17, 15) is 31.5 Å². The van der Waals surface area contributed by atoms with Crippen molar-refractivity contribution in [3.8, 4) is 5.75 Å². The molecule has 33 heavy (non-hydrogen) atoms. The van der Waals surface area contributed by atoms with Crippen LogP contribution in [0.5, 0.6) is 5.75 Å². The van der Waals surface area contributed by atoms with Crippen molar-refractivity contribution in [1.29, 1.82) is 0 Å². The van der Waals surface area contributed by atoms with Gasteiger partial charge in [0.15, 0.2) is 0 Å². The van der Waals surface area contributed by atoms with Crippen LogP contribution in [0.1, 0.15) is 27.0 Å². The lowest BCUT2D eigenvalue weighted by Gasteiger charge is -2.20. The van der Waals surface area contributed by atoms with Crippen LogP contribution in [0.2, 0.25) is 0 Å². The molecule has 0 atom stereocenters. The van der Waals surface area contributed by atoms with Gasteiger partial charge in [0.1, 0.15) is 12.4 Å². The molecule has 0 aromatic heterocycles. The molecular formula is C23H20F3NO5S. The van der Waals surface area contributed by atoms with Crippen molar-refractivity contribution in [2.75, 3.05) is 11.4 Å². The van der Waals surface area contributed by atoms with E-state index in [2.05, 4.69) is 0 Å². The molecule has 0 heterocycles. The Kier molecular flexibility index (Phi) is 6.68. The van der Waals surface area contributed by atoms with Crippen LogP contribution in [0.4, 0.5) is 18.9 Å². The predicted octanol–water partition coefficient (Wildman–Crippen LogP) is 5.12. The number of anilines is 1. The molecule has 0 saturated heterocycles. The van der Waals surface area contributed by atoms with Gasteiger partial charge in [-0.05, 0) is 66.6 Å². The second-order valence-electron chi connectivity index (χ2n) is 7.23. The summed E-state index contributed by atoms with van der Waals surface area (Å²) in [5.41, 5.74) is 0.453. The molecule has 174 valence electrons. The summed E-state index contributed by atoms with van der Waals surface area (Å²) in [5, 5.41) is 9.25. The number of carboxylic acids is 1. The highest BCUT2D eigenvalue weighted by molar-refractivity contribution is 7.92. The third-order valence-electron chi connectivity index (χ3n) is 4.98. The van der Waals surface area contributed by atoms with Crippen molar-refractivity contribution in [3.63, 3.8) is 0 Å². The lowest BCUT2D eigenvalue weighted by Crippen LogP contribution is -2.26. The fraction of sp³-hybridized carbons (Fsp3) is 0.174. The molecule has 1 N–H and O–H groups in total. The minimum Gasteiger partial charge on any atom is -0.489 e. The van der Waals surface area contributed by atoms with E-state index in [1.165, 1.54) is 55.6 Å². The monoisotopic (exact) mass is 479 g/mol. The summed E-state index contributed by atoms with van der Waals surface area (Å²) in [6, 6.07) is 14.6. The number of benzene rings is 3. The summed E-state index contributed by atoms with van der Waals surface area (Å²) < 4.78 is 70.4. The van der Waals surface area contributed by atoms with Gasteiger partial charge in [0, 0.05) is 7.05 Å². The Balaban J connectivity index is 1.71. The van der Waals surface area contributed by atoms with E-state index in [1.807, 2.05) is 0 Å². The van der Waals surface area contributed by atoms with Crippen LogP contribution in [0.3, 0.4) is 0 Å². The van der Waals surface area contributed by atoms with Gasteiger partial charge in [-0.15, -0.1) is 0 Å². The van der Waals surface area contributed by atoms with Gasteiger partial charge in [0.25, 0.3) is 10.0 Å². The van der Waals surface area contributed by atoms with Crippen LogP contribution < -0.4 is 9.04 Å². The number of rotatable bonds is 7. The highest BCUT2D eigenvalue weighted by Gasteiger charge is 2.30. The highest BCUT2D eigenvalue weighted by Crippen LogP contribution is 2.29. The maximum atomic E-state index is 12.9. The van der Waals surface area contributed by atoms with Crippen molar-refractivity contribution in [2.24, 2.45) is 0 Å². The van der Waals surface area contributed by atoms with Crippen molar-refractivity contribution in [3.05, 3.63) is 89.0 Å². The molecule has 0 fully saturated rings. The van der Waals surface area contributed by atoms with Crippen LogP contribution in [0.25, 0.3) is 0 Å². The van der Waals surface area contributed by atoms with Crippen LogP contribution in [-0.4, -0.2) is 26.5 Å². The van der Waals surface area contributed by atoms with E-state index in [-0.39, 0.29) is 17.1 Å². The van der Waals surface area contributed by atoms with Gasteiger partial charge < -0.3 is 9.84 Å². The fourth-order valence-electron chi connectivity index (χ4n) is 3.00. The molecule has 0 saturated carbocycles. The highest BCUT2D eigenvalue weighted by atomic mass is 32.2. The SMILES string of the molecule is Cc1ccc(S(=O)(=O)N(C)c2ccc(OCc3ccc(C(F)(F)F)cc3)cc2)cc1C(=O)O. The maximum absolute atomic E-state index is 12.9. The van der Waals surface area contributed by atoms with Gasteiger partial charge in [-0.2, -0.15) is 13.2 Å². The quantitative estimate of drug-likeness (QED) is 0.509. The summed E-state index contributed by atoms with van der Waals surface area (Å²) in [7, 11) is -2.67. The molecule has 0 aliphatic heterocycles. The third kappa shape index (κ3) is 5.46. The first kappa shape index (κ1) is 24.1. The molecule has 0 radical (unpaired) electrons. The predicted molar refractivity (Wildman–Crippen MR) is 116 cm³/mol. The zero-order valence-electron chi connectivity index (χ0n) is 17.6. The Bertz CT molecular complexity index is 1250. The summed E-state index contributed by atoms with van der Waals surface area (Å²) >= 11 is 0. The Hall–Kier alpha value is -3.53. The lowest BCUT2D eigenvalue weighted by molar-refractivity contribution is -0.137. The third-order valence-corrected chi connectivity index (χ3v) is 6.77. The molecule has 0 aliphatic rings. The molecule has 0 amide bonds. The Morgan fingerprint density at radius 2 is 1.61 bits per heavy atom. The lowest BCUT2D eigenvalue weighted by atomic mass is 10.1. The first-order chi connectivity index (χ1) is 15.4. The van der Waals surface area contributed by atoms with Crippen molar-refractivity contribution < 1.29 is 36.2 Å². The van der Waals surface area contributed by atoms with E-state index < -0.39 is 27.7 Å². The Morgan fingerprint density at radius 3 is 2.15 bits per heavy atom. The zero-order chi connectivity index (χ0) is 24.4. The first-order valence-electron chi connectivity index (χ1n) is 9.61. The number of ether oxygens (including phenoxy) is 1. The number of aryl methyl sites for hydroxylation is 1. The number of halogens is 3. The summed E-state index contributed by atoms with van der Waals surface area (Å²) in [5.74, 6) is -0.824. The van der Waals surface area contributed by atoms with Crippen LogP contribution in [0, 0.1) is 6.92 Å². The molecule has 0 bridgehead atoms. The Morgan fingerprint density at radius 1 is 1.00 bits per heavy atom. The summed E-state index contributed by atoms with van der Waals surface area (Å²) in [6.45, 7) is 1.61. The average Bonchev–Trinajstić information content (AvgIpc) is 2.77. The number of nitrogens with zero attached hydrogens (tertiary/aromatic N) is 1. The number of carbonyl (C=O) groups is 1. The van der Waals surface area contributed by atoms with E-state index in [4.69, 9.17) is 4.74 Å². The molecular weight excluding hydrogens is 459 g/mol. The number of sulfonamides is 1. The zero-order valence-corrected chi connectivity index (χ0v) is 18.4. The molecule has 3 aromatic rings. The largest absolute Gasteiger partial charge is 0.489 e. The first-order valence-corrected chi connectivity index (χ1v) is 11.1.